The fraction of sp³-hybridized carbons (Fsp3) is 0.0909. The Morgan fingerprint density at radius 2 is 1.81 bits per heavy atom. The van der Waals surface area contributed by atoms with Crippen molar-refractivity contribution in [3.8, 4) is 17.1 Å². The van der Waals surface area contributed by atoms with Crippen LogP contribution in [0.5, 0.6) is 5.75 Å². The van der Waals surface area contributed by atoms with Crippen molar-refractivity contribution in [3.05, 3.63) is 83.6 Å². The summed E-state index contributed by atoms with van der Waals surface area (Å²) < 4.78 is 10.7. The van der Waals surface area contributed by atoms with E-state index in [1.54, 1.807) is 61.5 Å². The Labute approximate surface area is 156 Å². The first-order valence-corrected chi connectivity index (χ1v) is 8.45. The molecule has 0 bridgehead atoms. The van der Waals surface area contributed by atoms with Gasteiger partial charge in [0.1, 0.15) is 17.3 Å². The van der Waals surface area contributed by atoms with Crippen LogP contribution in [0.1, 0.15) is 33.4 Å². The van der Waals surface area contributed by atoms with Gasteiger partial charge in [-0.1, -0.05) is 24.3 Å². The summed E-state index contributed by atoms with van der Waals surface area (Å²) in [4.78, 5) is 23.8. The molecule has 0 spiro atoms. The lowest BCUT2D eigenvalue weighted by Gasteiger charge is -2.02. The molecule has 0 aliphatic carbocycles. The van der Waals surface area contributed by atoms with Crippen LogP contribution in [0.2, 0.25) is 0 Å². The van der Waals surface area contributed by atoms with Gasteiger partial charge < -0.3 is 14.3 Å². The molecule has 0 saturated carbocycles. The van der Waals surface area contributed by atoms with Crippen molar-refractivity contribution in [1.82, 2.24) is 0 Å². The summed E-state index contributed by atoms with van der Waals surface area (Å²) in [6.07, 6.45) is 2.96. The molecule has 1 aromatic heterocycles. The van der Waals surface area contributed by atoms with Gasteiger partial charge in [-0.15, -0.1) is 0 Å². The van der Waals surface area contributed by atoms with E-state index in [1.165, 1.54) is 18.2 Å². The van der Waals surface area contributed by atoms with E-state index >= 15 is 0 Å². The highest BCUT2D eigenvalue weighted by molar-refractivity contribution is 6.06. The van der Waals surface area contributed by atoms with Crippen LogP contribution in [0, 0.1) is 0 Å². The lowest BCUT2D eigenvalue weighted by Crippen LogP contribution is -2.03. The molecule has 0 radical (unpaired) electrons. The van der Waals surface area contributed by atoms with Gasteiger partial charge in [0.15, 0.2) is 5.78 Å². The SMILES string of the molecule is CCOC(=O)c1ccc(-c2ccc(C=CC(=O)c3cccc(O)c3)o2)cc1. The summed E-state index contributed by atoms with van der Waals surface area (Å²) in [6, 6.07) is 16.6. The third-order valence-electron chi connectivity index (χ3n) is 3.84. The van der Waals surface area contributed by atoms with Crippen molar-refractivity contribution in [2.75, 3.05) is 6.61 Å². The summed E-state index contributed by atoms with van der Waals surface area (Å²) in [6.45, 7) is 2.09. The van der Waals surface area contributed by atoms with E-state index < -0.39 is 0 Å². The zero-order valence-electron chi connectivity index (χ0n) is 14.7. The van der Waals surface area contributed by atoms with Crippen molar-refractivity contribution in [2.45, 2.75) is 6.92 Å². The van der Waals surface area contributed by atoms with Gasteiger partial charge in [0.25, 0.3) is 0 Å². The number of aromatic hydroxyl groups is 1. The zero-order chi connectivity index (χ0) is 19.2. The Hall–Kier alpha value is -3.60. The number of ketones is 1. The number of furan rings is 1. The molecule has 5 heteroatoms. The average molecular weight is 362 g/mol. The molecule has 27 heavy (non-hydrogen) atoms. The number of carbonyl (C=O) groups excluding carboxylic acids is 2. The first kappa shape index (κ1) is 18.2. The van der Waals surface area contributed by atoms with Crippen LogP contribution < -0.4 is 0 Å². The summed E-state index contributed by atoms with van der Waals surface area (Å²) in [5.74, 6) is 0.587. The molecule has 3 aromatic rings. The summed E-state index contributed by atoms with van der Waals surface area (Å²) >= 11 is 0. The molecule has 3 rings (SSSR count). The van der Waals surface area contributed by atoms with Gasteiger partial charge in [0.2, 0.25) is 0 Å². The number of rotatable bonds is 6. The maximum absolute atomic E-state index is 12.1. The number of hydrogen-bond acceptors (Lipinski definition) is 5. The van der Waals surface area contributed by atoms with Crippen LogP contribution in [0.3, 0.4) is 0 Å². The molecule has 136 valence electrons. The maximum Gasteiger partial charge on any atom is 0.338 e. The fourth-order valence-corrected chi connectivity index (χ4v) is 2.50. The second-order valence-electron chi connectivity index (χ2n) is 5.75. The molecule has 1 N–H and O–H groups in total. The van der Waals surface area contributed by atoms with Crippen molar-refractivity contribution in [3.63, 3.8) is 0 Å². The molecule has 1 heterocycles. The number of hydrogen-bond donors (Lipinski definition) is 1. The van der Waals surface area contributed by atoms with E-state index in [1.807, 2.05) is 0 Å². The number of esters is 1. The molecule has 0 aliphatic rings. The minimum Gasteiger partial charge on any atom is -0.508 e. The Morgan fingerprint density at radius 1 is 1.04 bits per heavy atom. The average Bonchev–Trinajstić information content (AvgIpc) is 3.15. The Bertz CT molecular complexity index is 980. The summed E-state index contributed by atoms with van der Waals surface area (Å²) in [5, 5.41) is 9.44. The largest absolute Gasteiger partial charge is 0.508 e. The summed E-state index contributed by atoms with van der Waals surface area (Å²) in [5.41, 5.74) is 1.68. The van der Waals surface area contributed by atoms with Crippen molar-refractivity contribution < 1.29 is 23.8 Å². The van der Waals surface area contributed by atoms with Crippen molar-refractivity contribution in [1.29, 1.82) is 0 Å². The maximum atomic E-state index is 12.1. The van der Waals surface area contributed by atoms with Crippen LogP contribution in [0.4, 0.5) is 0 Å². The molecule has 5 nitrogen and oxygen atoms in total. The van der Waals surface area contributed by atoms with E-state index in [0.29, 0.717) is 29.3 Å². The lowest BCUT2D eigenvalue weighted by molar-refractivity contribution is 0.0526. The molecule has 0 unspecified atom stereocenters. The van der Waals surface area contributed by atoms with E-state index in [0.717, 1.165) is 5.56 Å². The normalized spacial score (nSPS) is 10.9. The second-order valence-corrected chi connectivity index (χ2v) is 5.75. The molecule has 0 aliphatic heterocycles. The third-order valence-corrected chi connectivity index (χ3v) is 3.84. The van der Waals surface area contributed by atoms with Gasteiger partial charge in [0.05, 0.1) is 12.2 Å². The molecule has 2 aromatic carbocycles. The number of allylic oxidation sites excluding steroid dienone is 1. The fourth-order valence-electron chi connectivity index (χ4n) is 2.50. The Balaban J connectivity index is 1.71. The van der Waals surface area contributed by atoms with Gasteiger partial charge in [-0.2, -0.15) is 0 Å². The molecule has 0 atom stereocenters. The topological polar surface area (TPSA) is 76.7 Å². The molecular formula is C22H18O5. The van der Waals surface area contributed by atoms with E-state index in [4.69, 9.17) is 9.15 Å². The smallest absolute Gasteiger partial charge is 0.338 e. The number of phenols is 1. The van der Waals surface area contributed by atoms with Gasteiger partial charge in [0, 0.05) is 11.1 Å². The Morgan fingerprint density at radius 3 is 2.52 bits per heavy atom. The van der Waals surface area contributed by atoms with Crippen LogP contribution in [0.25, 0.3) is 17.4 Å². The van der Waals surface area contributed by atoms with E-state index in [9.17, 15) is 14.7 Å². The highest BCUT2D eigenvalue weighted by Gasteiger charge is 2.09. The highest BCUT2D eigenvalue weighted by Crippen LogP contribution is 2.23. The first-order valence-electron chi connectivity index (χ1n) is 8.45. The second kappa shape index (κ2) is 8.19. The predicted molar refractivity (Wildman–Crippen MR) is 102 cm³/mol. The molecule has 0 amide bonds. The number of carbonyl (C=O) groups is 2. The van der Waals surface area contributed by atoms with Gasteiger partial charge in [-0.3, -0.25) is 4.79 Å². The number of benzene rings is 2. The summed E-state index contributed by atoms with van der Waals surface area (Å²) in [7, 11) is 0. The quantitative estimate of drug-likeness (QED) is 0.390. The van der Waals surface area contributed by atoms with Gasteiger partial charge >= 0.3 is 5.97 Å². The Kier molecular flexibility index (Phi) is 5.52. The first-order chi connectivity index (χ1) is 13.1. The number of phenolic OH excluding ortho intramolecular Hbond substituents is 1. The monoisotopic (exact) mass is 362 g/mol. The van der Waals surface area contributed by atoms with Gasteiger partial charge in [-0.25, -0.2) is 4.79 Å². The van der Waals surface area contributed by atoms with Crippen molar-refractivity contribution >= 4 is 17.8 Å². The van der Waals surface area contributed by atoms with Crippen LogP contribution in [-0.2, 0) is 4.74 Å². The van der Waals surface area contributed by atoms with E-state index in [-0.39, 0.29) is 17.5 Å². The number of ether oxygens (including phenoxy) is 1. The standard InChI is InChI=1S/C22H18O5/c1-2-26-22(25)16-8-6-15(7-9-16)21-13-11-19(27-21)10-12-20(24)17-4-3-5-18(23)14-17/h3-14,23H,2H2,1H3. The lowest BCUT2D eigenvalue weighted by atomic mass is 10.1. The van der Waals surface area contributed by atoms with Gasteiger partial charge in [-0.05, 0) is 55.5 Å². The third kappa shape index (κ3) is 4.52. The highest BCUT2D eigenvalue weighted by atomic mass is 16.5. The minimum atomic E-state index is -0.363. The zero-order valence-corrected chi connectivity index (χ0v) is 14.7. The van der Waals surface area contributed by atoms with Crippen LogP contribution in [-0.4, -0.2) is 23.5 Å². The molecular weight excluding hydrogens is 344 g/mol. The van der Waals surface area contributed by atoms with Crippen LogP contribution >= 0.6 is 0 Å². The molecule has 0 fully saturated rings. The minimum absolute atomic E-state index is 0.0424. The predicted octanol–water partition coefficient (Wildman–Crippen LogP) is 4.73. The van der Waals surface area contributed by atoms with E-state index in [2.05, 4.69) is 0 Å². The van der Waals surface area contributed by atoms with Crippen LogP contribution in [0.15, 0.2) is 71.2 Å². The molecule has 0 saturated heterocycles. The van der Waals surface area contributed by atoms with Crippen molar-refractivity contribution in [2.24, 2.45) is 0 Å².